The standard InChI is InChI=1S/C59H40N2O/c1-5-13-39(14-6-1)44-23-29-56-50(33-44)51-34-46(47-26-32-59-53(36-47)52-35-45(25-31-58(52)62-59)40-15-7-2-8-16-40)24-30-57(51)61(56)49-27-21-43(22-28-49)55-38-48(41-17-9-3-10-18-41)37-54(60-55)42-19-11-4-12-20-42/h1-38,51,57H. The molecule has 62 heavy (non-hydrogen) atoms. The number of anilines is 2. The van der Waals surface area contributed by atoms with Crippen molar-refractivity contribution in [1.82, 2.24) is 4.98 Å². The number of fused-ring (bicyclic) bond motifs is 6. The summed E-state index contributed by atoms with van der Waals surface area (Å²) in [4.78, 5) is 7.73. The summed E-state index contributed by atoms with van der Waals surface area (Å²) in [7, 11) is 0. The number of nitrogens with zero attached hydrogens (tertiary/aromatic N) is 2. The molecule has 3 heteroatoms. The van der Waals surface area contributed by atoms with Crippen LogP contribution in [0.4, 0.5) is 11.4 Å². The largest absolute Gasteiger partial charge is 0.456 e. The van der Waals surface area contributed by atoms with Gasteiger partial charge in [0.1, 0.15) is 11.2 Å². The Balaban J connectivity index is 0.928. The van der Waals surface area contributed by atoms with Gasteiger partial charge < -0.3 is 9.32 Å². The molecule has 1 aliphatic carbocycles. The molecule has 292 valence electrons. The van der Waals surface area contributed by atoms with Crippen LogP contribution in [-0.2, 0) is 0 Å². The molecule has 1 aliphatic heterocycles. The van der Waals surface area contributed by atoms with Gasteiger partial charge in [0.15, 0.2) is 0 Å². The summed E-state index contributed by atoms with van der Waals surface area (Å²) in [5.74, 6) is 0.146. The van der Waals surface area contributed by atoms with Crippen molar-refractivity contribution in [2.24, 2.45) is 0 Å². The summed E-state index contributed by atoms with van der Waals surface area (Å²) < 4.78 is 6.36. The fourth-order valence-corrected chi connectivity index (χ4v) is 9.50. The number of hydrogen-bond acceptors (Lipinski definition) is 3. The van der Waals surface area contributed by atoms with E-state index >= 15 is 0 Å². The first-order valence-corrected chi connectivity index (χ1v) is 21.3. The highest BCUT2D eigenvalue weighted by Crippen LogP contribution is 2.51. The Morgan fingerprint density at radius 3 is 1.50 bits per heavy atom. The molecule has 0 spiro atoms. The molecular weight excluding hydrogens is 753 g/mol. The molecule has 3 nitrogen and oxygen atoms in total. The maximum Gasteiger partial charge on any atom is 0.135 e. The van der Waals surface area contributed by atoms with E-state index < -0.39 is 0 Å². The molecule has 12 rings (SSSR count). The van der Waals surface area contributed by atoms with Gasteiger partial charge in [0.25, 0.3) is 0 Å². The molecule has 0 saturated heterocycles. The number of pyridine rings is 1. The minimum atomic E-state index is 0.113. The molecule has 2 unspecified atom stereocenters. The van der Waals surface area contributed by atoms with Gasteiger partial charge in [-0.3, -0.25) is 0 Å². The fourth-order valence-electron chi connectivity index (χ4n) is 9.50. The molecule has 3 heterocycles. The molecule has 0 bridgehead atoms. The van der Waals surface area contributed by atoms with E-state index in [1.165, 1.54) is 50.2 Å². The molecule has 0 fully saturated rings. The number of aromatic nitrogens is 1. The monoisotopic (exact) mass is 792 g/mol. The predicted molar refractivity (Wildman–Crippen MR) is 257 cm³/mol. The van der Waals surface area contributed by atoms with Crippen molar-refractivity contribution in [1.29, 1.82) is 0 Å². The molecule has 2 aliphatic rings. The molecular formula is C59H40N2O. The summed E-state index contributed by atoms with van der Waals surface area (Å²) in [6, 6.07) is 76.0. The highest BCUT2D eigenvalue weighted by molar-refractivity contribution is 6.07. The fraction of sp³-hybridized carbons (Fsp3) is 0.0339. The van der Waals surface area contributed by atoms with Gasteiger partial charge in [-0.1, -0.05) is 170 Å². The normalized spacial score (nSPS) is 15.4. The highest BCUT2D eigenvalue weighted by Gasteiger charge is 2.38. The molecule has 2 atom stereocenters. The SMILES string of the molecule is C1=CC2C(C=C1c1ccc3oc4ccc(-c5ccccc5)cc4c3c1)c1cc(-c3ccccc3)ccc1N2c1ccc(-c2cc(-c3ccccc3)cc(-c3ccccc3)n2)cc1. The summed E-state index contributed by atoms with van der Waals surface area (Å²) in [5.41, 5.74) is 19.2. The van der Waals surface area contributed by atoms with E-state index in [4.69, 9.17) is 9.40 Å². The molecule has 2 aromatic heterocycles. The lowest BCUT2D eigenvalue weighted by Gasteiger charge is -2.30. The van der Waals surface area contributed by atoms with E-state index in [9.17, 15) is 0 Å². The Labute approximate surface area is 361 Å². The first kappa shape index (κ1) is 35.9. The van der Waals surface area contributed by atoms with E-state index in [1.54, 1.807) is 0 Å². The third kappa shape index (κ3) is 6.34. The second-order valence-electron chi connectivity index (χ2n) is 16.3. The summed E-state index contributed by atoms with van der Waals surface area (Å²) in [6.45, 7) is 0. The number of rotatable bonds is 7. The number of allylic oxidation sites excluding steroid dienone is 2. The molecule has 8 aromatic carbocycles. The average Bonchev–Trinajstić information content (AvgIpc) is 3.89. The minimum Gasteiger partial charge on any atom is -0.456 e. The molecule has 10 aromatic rings. The van der Waals surface area contributed by atoms with E-state index in [0.717, 1.165) is 55.7 Å². The molecule has 0 radical (unpaired) electrons. The Bertz CT molecular complexity index is 3270. The first-order chi connectivity index (χ1) is 30.7. The van der Waals surface area contributed by atoms with Gasteiger partial charge in [-0.05, 0) is 111 Å². The Morgan fingerprint density at radius 2 is 0.887 bits per heavy atom. The van der Waals surface area contributed by atoms with Crippen LogP contribution >= 0.6 is 0 Å². The zero-order valence-corrected chi connectivity index (χ0v) is 33.9. The average molecular weight is 793 g/mol. The van der Waals surface area contributed by atoms with Gasteiger partial charge in [-0.15, -0.1) is 0 Å². The second-order valence-corrected chi connectivity index (χ2v) is 16.3. The van der Waals surface area contributed by atoms with Crippen molar-refractivity contribution in [2.45, 2.75) is 12.0 Å². The minimum absolute atomic E-state index is 0.113. The third-order valence-electron chi connectivity index (χ3n) is 12.6. The van der Waals surface area contributed by atoms with Gasteiger partial charge in [0.05, 0.1) is 17.4 Å². The Hall–Kier alpha value is -8.01. The van der Waals surface area contributed by atoms with Crippen molar-refractivity contribution >= 4 is 38.9 Å². The van der Waals surface area contributed by atoms with Crippen molar-refractivity contribution < 1.29 is 4.42 Å². The van der Waals surface area contributed by atoms with Crippen LogP contribution in [0.5, 0.6) is 0 Å². The van der Waals surface area contributed by atoms with Crippen LogP contribution in [0.15, 0.2) is 235 Å². The van der Waals surface area contributed by atoms with E-state index in [-0.39, 0.29) is 12.0 Å². The van der Waals surface area contributed by atoms with Crippen LogP contribution in [0.2, 0.25) is 0 Å². The summed E-state index contributed by atoms with van der Waals surface area (Å²) >= 11 is 0. The van der Waals surface area contributed by atoms with Crippen LogP contribution in [0.3, 0.4) is 0 Å². The maximum atomic E-state index is 6.36. The summed E-state index contributed by atoms with van der Waals surface area (Å²) in [6.07, 6.45) is 7.20. The van der Waals surface area contributed by atoms with Crippen LogP contribution in [0.1, 0.15) is 17.0 Å². The Morgan fingerprint density at radius 1 is 0.403 bits per heavy atom. The zero-order valence-electron chi connectivity index (χ0n) is 33.9. The smallest absolute Gasteiger partial charge is 0.135 e. The lowest BCUT2D eigenvalue weighted by atomic mass is 9.85. The van der Waals surface area contributed by atoms with E-state index in [1.807, 2.05) is 0 Å². The maximum absolute atomic E-state index is 6.36. The van der Waals surface area contributed by atoms with Crippen LogP contribution in [0, 0.1) is 0 Å². The van der Waals surface area contributed by atoms with Gasteiger partial charge in [-0.2, -0.15) is 0 Å². The number of hydrogen-bond donors (Lipinski definition) is 0. The molecule has 0 N–H and O–H groups in total. The zero-order chi connectivity index (χ0) is 41.0. The van der Waals surface area contributed by atoms with Gasteiger partial charge in [0.2, 0.25) is 0 Å². The number of furan rings is 1. The lowest BCUT2D eigenvalue weighted by molar-refractivity contribution is 0.669. The predicted octanol–water partition coefficient (Wildman–Crippen LogP) is 15.6. The second kappa shape index (κ2) is 14.9. The van der Waals surface area contributed by atoms with Crippen LogP contribution in [0.25, 0.3) is 83.4 Å². The molecule has 0 amide bonds. The third-order valence-corrected chi connectivity index (χ3v) is 12.6. The van der Waals surface area contributed by atoms with Gasteiger partial charge in [0, 0.05) is 39.2 Å². The van der Waals surface area contributed by atoms with E-state index in [2.05, 4.69) is 235 Å². The first-order valence-electron chi connectivity index (χ1n) is 21.3. The van der Waals surface area contributed by atoms with Gasteiger partial charge in [-0.25, -0.2) is 4.98 Å². The Kier molecular flexibility index (Phi) is 8.64. The van der Waals surface area contributed by atoms with Crippen molar-refractivity contribution in [3.8, 4) is 55.9 Å². The lowest BCUT2D eigenvalue weighted by Crippen LogP contribution is -2.28. The molecule has 0 saturated carbocycles. The van der Waals surface area contributed by atoms with Crippen molar-refractivity contribution in [2.75, 3.05) is 4.90 Å². The number of benzene rings is 8. The van der Waals surface area contributed by atoms with Crippen LogP contribution < -0.4 is 4.90 Å². The highest BCUT2D eigenvalue weighted by atomic mass is 16.3. The van der Waals surface area contributed by atoms with E-state index in [0.29, 0.717) is 0 Å². The van der Waals surface area contributed by atoms with Gasteiger partial charge >= 0.3 is 0 Å². The quantitative estimate of drug-likeness (QED) is 0.161. The van der Waals surface area contributed by atoms with Crippen molar-refractivity contribution in [3.63, 3.8) is 0 Å². The van der Waals surface area contributed by atoms with Crippen molar-refractivity contribution in [3.05, 3.63) is 242 Å². The summed E-state index contributed by atoms with van der Waals surface area (Å²) in [5, 5.41) is 2.26. The van der Waals surface area contributed by atoms with Crippen LogP contribution in [-0.4, -0.2) is 11.0 Å². The topological polar surface area (TPSA) is 29.3 Å².